The quantitative estimate of drug-likeness (QED) is 0.742. The first-order chi connectivity index (χ1) is 9.95. The lowest BCUT2D eigenvalue weighted by atomic mass is 10.1. The average molecular weight is 280 g/mol. The molecular weight excluding hydrogens is 264 g/mol. The molecule has 0 aliphatic heterocycles. The Bertz CT molecular complexity index is 912. The summed E-state index contributed by atoms with van der Waals surface area (Å²) in [6.07, 6.45) is 3.34. The number of anilines is 1. The first kappa shape index (κ1) is 13.3. The first-order valence-corrected chi connectivity index (χ1v) is 6.69. The Kier molecular flexibility index (Phi) is 2.97. The van der Waals surface area contributed by atoms with Crippen molar-refractivity contribution in [1.29, 1.82) is 0 Å². The average Bonchev–Trinajstić information content (AvgIpc) is 2.43. The van der Waals surface area contributed by atoms with Crippen LogP contribution < -0.4 is 11.2 Å². The zero-order valence-corrected chi connectivity index (χ0v) is 12.2. The predicted octanol–water partition coefficient (Wildman–Crippen LogP) is 2.29. The summed E-state index contributed by atoms with van der Waals surface area (Å²) in [4.78, 5) is 20.6. The number of hydrogen-bond donors (Lipinski definition) is 1. The molecule has 0 spiro atoms. The third-order valence-corrected chi connectivity index (χ3v) is 3.62. The molecule has 0 unspecified atom stereocenters. The molecule has 2 aromatic heterocycles. The Labute approximate surface area is 122 Å². The van der Waals surface area contributed by atoms with Gasteiger partial charge in [0.15, 0.2) is 0 Å². The van der Waals surface area contributed by atoms with Gasteiger partial charge in [-0.1, -0.05) is 0 Å². The molecule has 2 N–H and O–H groups in total. The normalized spacial score (nSPS) is 11.0. The molecule has 0 saturated heterocycles. The van der Waals surface area contributed by atoms with Crippen LogP contribution in [0.25, 0.3) is 16.7 Å². The minimum Gasteiger partial charge on any atom is -0.394 e. The molecule has 3 rings (SSSR count). The van der Waals surface area contributed by atoms with Crippen molar-refractivity contribution in [3.05, 3.63) is 57.8 Å². The fourth-order valence-electron chi connectivity index (χ4n) is 2.30. The summed E-state index contributed by atoms with van der Waals surface area (Å²) in [5.74, 6) is 0. The van der Waals surface area contributed by atoms with Crippen LogP contribution in [-0.4, -0.2) is 14.5 Å². The Morgan fingerprint density at radius 2 is 1.67 bits per heavy atom. The molecule has 106 valence electrons. The summed E-state index contributed by atoms with van der Waals surface area (Å²) in [5.41, 5.74) is 11.3. The van der Waals surface area contributed by atoms with E-state index in [0.29, 0.717) is 0 Å². The van der Waals surface area contributed by atoms with Crippen molar-refractivity contribution in [1.82, 2.24) is 14.5 Å². The number of fused-ring (bicyclic) bond motifs is 1. The molecule has 0 radical (unpaired) electrons. The smallest absolute Gasteiger partial charge is 0.204 e. The van der Waals surface area contributed by atoms with Gasteiger partial charge < -0.3 is 10.3 Å². The van der Waals surface area contributed by atoms with E-state index in [1.807, 2.05) is 37.5 Å². The molecule has 1 aromatic carbocycles. The van der Waals surface area contributed by atoms with Gasteiger partial charge in [0.2, 0.25) is 5.43 Å². The molecule has 3 aromatic rings. The van der Waals surface area contributed by atoms with Crippen LogP contribution in [0, 0.1) is 20.8 Å². The van der Waals surface area contributed by atoms with E-state index >= 15 is 0 Å². The van der Waals surface area contributed by atoms with E-state index in [1.165, 1.54) is 6.07 Å². The van der Waals surface area contributed by atoms with Crippen LogP contribution in [-0.2, 0) is 0 Å². The summed E-state index contributed by atoms with van der Waals surface area (Å²) in [7, 11) is 0. The number of hydrogen-bond acceptors (Lipinski definition) is 4. The fraction of sp³-hybridized carbons (Fsp3) is 0.188. The van der Waals surface area contributed by atoms with Crippen LogP contribution in [0.15, 0.2) is 35.4 Å². The van der Waals surface area contributed by atoms with Crippen molar-refractivity contribution >= 4 is 16.7 Å². The maximum atomic E-state index is 11.4. The van der Waals surface area contributed by atoms with E-state index < -0.39 is 0 Å². The van der Waals surface area contributed by atoms with Crippen molar-refractivity contribution < 1.29 is 0 Å². The minimum absolute atomic E-state index is 0.170. The maximum Gasteiger partial charge on any atom is 0.204 e. The molecule has 5 heteroatoms. The lowest BCUT2D eigenvalue weighted by Gasteiger charge is -2.12. The molecule has 0 bridgehead atoms. The molecule has 5 nitrogen and oxygen atoms in total. The summed E-state index contributed by atoms with van der Waals surface area (Å²) >= 11 is 0. The lowest BCUT2D eigenvalue weighted by Crippen LogP contribution is -2.10. The molecule has 2 heterocycles. The van der Waals surface area contributed by atoms with Gasteiger partial charge in [-0.2, -0.15) is 0 Å². The van der Waals surface area contributed by atoms with Gasteiger partial charge in [0, 0.05) is 18.5 Å². The number of nitrogen functional groups attached to an aromatic ring is 1. The van der Waals surface area contributed by atoms with Gasteiger partial charge in [-0.25, -0.2) is 9.97 Å². The third-order valence-electron chi connectivity index (χ3n) is 3.62. The topological polar surface area (TPSA) is 73.8 Å². The number of rotatable bonds is 1. The van der Waals surface area contributed by atoms with E-state index in [9.17, 15) is 4.79 Å². The highest BCUT2D eigenvalue weighted by Crippen LogP contribution is 2.21. The van der Waals surface area contributed by atoms with Gasteiger partial charge >= 0.3 is 0 Å². The molecule has 0 aliphatic carbocycles. The van der Waals surface area contributed by atoms with E-state index in [4.69, 9.17) is 5.73 Å². The van der Waals surface area contributed by atoms with Crippen molar-refractivity contribution in [3.8, 4) is 5.69 Å². The fourth-order valence-corrected chi connectivity index (χ4v) is 2.30. The van der Waals surface area contributed by atoms with E-state index in [0.717, 1.165) is 33.7 Å². The van der Waals surface area contributed by atoms with Crippen LogP contribution in [0.2, 0.25) is 0 Å². The SMILES string of the molecule is Cc1cc2nc(C)c(C)nc2cc1-n1ccc(=O)c(N)c1. The molecule has 0 fully saturated rings. The summed E-state index contributed by atoms with van der Waals surface area (Å²) < 4.78 is 1.84. The van der Waals surface area contributed by atoms with Crippen LogP contribution >= 0.6 is 0 Å². The van der Waals surface area contributed by atoms with Crippen molar-refractivity contribution in [2.24, 2.45) is 0 Å². The molecule has 0 saturated carbocycles. The number of pyridine rings is 1. The van der Waals surface area contributed by atoms with E-state index in [2.05, 4.69) is 9.97 Å². The highest BCUT2D eigenvalue weighted by molar-refractivity contribution is 5.78. The number of nitrogens with zero attached hydrogens (tertiary/aromatic N) is 3. The Balaban J connectivity index is 2.27. The van der Waals surface area contributed by atoms with Gasteiger partial charge in [-0.15, -0.1) is 0 Å². The van der Waals surface area contributed by atoms with Crippen LogP contribution in [0.5, 0.6) is 0 Å². The van der Waals surface area contributed by atoms with Crippen LogP contribution in [0.1, 0.15) is 17.0 Å². The molecule has 0 aliphatic rings. The lowest BCUT2D eigenvalue weighted by molar-refractivity contribution is 1.02. The number of nitrogens with two attached hydrogens (primary N) is 1. The summed E-state index contributed by atoms with van der Waals surface area (Å²) in [6.45, 7) is 5.89. The zero-order valence-electron chi connectivity index (χ0n) is 12.2. The maximum absolute atomic E-state index is 11.4. The van der Waals surface area contributed by atoms with Crippen LogP contribution in [0.3, 0.4) is 0 Å². The second-order valence-corrected chi connectivity index (χ2v) is 5.19. The van der Waals surface area contributed by atoms with Gasteiger partial charge in [-0.3, -0.25) is 4.79 Å². The zero-order chi connectivity index (χ0) is 15.1. The van der Waals surface area contributed by atoms with E-state index in [1.54, 1.807) is 12.4 Å². The standard InChI is InChI=1S/C16H16N4O/c1-9-6-13-14(19-11(3)10(2)18-13)7-15(9)20-5-4-16(21)12(17)8-20/h4-8H,17H2,1-3H3. The Morgan fingerprint density at radius 3 is 2.29 bits per heavy atom. The van der Waals surface area contributed by atoms with Crippen molar-refractivity contribution in [2.75, 3.05) is 5.73 Å². The van der Waals surface area contributed by atoms with Gasteiger partial charge in [0.25, 0.3) is 0 Å². The van der Waals surface area contributed by atoms with Crippen molar-refractivity contribution in [2.45, 2.75) is 20.8 Å². The third kappa shape index (κ3) is 2.27. The van der Waals surface area contributed by atoms with Crippen molar-refractivity contribution in [3.63, 3.8) is 0 Å². The molecule has 21 heavy (non-hydrogen) atoms. The van der Waals surface area contributed by atoms with Gasteiger partial charge in [-0.05, 0) is 38.5 Å². The van der Waals surface area contributed by atoms with E-state index in [-0.39, 0.29) is 11.1 Å². The second kappa shape index (κ2) is 4.70. The van der Waals surface area contributed by atoms with Gasteiger partial charge in [0.1, 0.15) is 0 Å². The molecule has 0 atom stereocenters. The monoisotopic (exact) mass is 280 g/mol. The number of aromatic nitrogens is 3. The number of benzene rings is 1. The largest absolute Gasteiger partial charge is 0.394 e. The predicted molar refractivity (Wildman–Crippen MR) is 83.8 cm³/mol. The molecule has 0 amide bonds. The summed E-state index contributed by atoms with van der Waals surface area (Å²) in [5, 5.41) is 0. The Hall–Kier alpha value is -2.69. The second-order valence-electron chi connectivity index (χ2n) is 5.19. The molecular formula is C16H16N4O. The van der Waals surface area contributed by atoms with Crippen LogP contribution in [0.4, 0.5) is 5.69 Å². The first-order valence-electron chi connectivity index (χ1n) is 6.69. The highest BCUT2D eigenvalue weighted by Gasteiger charge is 2.08. The summed E-state index contributed by atoms with van der Waals surface area (Å²) in [6, 6.07) is 5.43. The Morgan fingerprint density at radius 1 is 1.05 bits per heavy atom. The highest BCUT2D eigenvalue weighted by atomic mass is 16.1. The minimum atomic E-state index is -0.170. The number of aryl methyl sites for hydroxylation is 3. The van der Waals surface area contributed by atoms with Gasteiger partial charge in [0.05, 0.1) is 33.8 Å².